The summed E-state index contributed by atoms with van der Waals surface area (Å²) in [6.45, 7) is 8.33. The highest BCUT2D eigenvalue weighted by Gasteiger charge is 2.20. The van der Waals surface area contributed by atoms with Crippen LogP contribution < -0.4 is 5.14 Å². The first-order valence-corrected chi connectivity index (χ1v) is 10.4. The number of nitrogens with two attached hydrogens (primary N) is 1. The van der Waals surface area contributed by atoms with E-state index in [-0.39, 0.29) is 5.82 Å². The third kappa shape index (κ3) is 5.58. The molecule has 0 bridgehead atoms. The molecule has 3 rings (SSSR count). The molecule has 1 aliphatic rings. The zero-order chi connectivity index (χ0) is 19.9. The molecule has 2 N–H and O–H groups in total. The van der Waals surface area contributed by atoms with Gasteiger partial charge in [-0.15, -0.1) is 0 Å². The maximum Gasteiger partial charge on any atom is 0.179 e. The zero-order valence-corrected chi connectivity index (χ0v) is 17.2. The van der Waals surface area contributed by atoms with Gasteiger partial charge < -0.3 is 4.90 Å². The summed E-state index contributed by atoms with van der Waals surface area (Å²) in [7, 11) is 0. The van der Waals surface area contributed by atoms with Gasteiger partial charge in [-0.3, -0.25) is 10.0 Å². The Hall–Kier alpha value is -1.86. The molecule has 1 heterocycles. The average Bonchev–Trinajstić information content (AvgIpc) is 2.72. The van der Waals surface area contributed by atoms with E-state index in [4.69, 9.17) is 16.7 Å². The van der Waals surface area contributed by atoms with Crippen molar-refractivity contribution in [1.29, 1.82) is 0 Å². The molecule has 0 atom stereocenters. The molecule has 2 aromatic carbocycles. The fourth-order valence-electron chi connectivity index (χ4n) is 3.14. The standard InChI is InChI=1S/C21H24ClFN4S/c1-16(17-6-8-19(22)9-7-17)25-21(28-24)27-14-12-26(13-15-27)11-10-18-4-2-3-5-20(18)23/h2-9H,1,10-15,24H2. The van der Waals surface area contributed by atoms with Crippen LogP contribution in [0.4, 0.5) is 4.39 Å². The number of hydrogen-bond donors (Lipinski definition) is 1. The van der Waals surface area contributed by atoms with Crippen molar-refractivity contribution in [2.45, 2.75) is 6.42 Å². The Morgan fingerprint density at radius 1 is 1.11 bits per heavy atom. The molecule has 1 saturated heterocycles. The lowest BCUT2D eigenvalue weighted by molar-refractivity contribution is 0.185. The van der Waals surface area contributed by atoms with Crippen LogP contribution in [0, 0.1) is 5.82 Å². The summed E-state index contributed by atoms with van der Waals surface area (Å²) in [4.78, 5) is 9.14. The van der Waals surface area contributed by atoms with Crippen LogP contribution >= 0.6 is 23.5 Å². The van der Waals surface area contributed by atoms with Crippen molar-refractivity contribution in [3.63, 3.8) is 0 Å². The summed E-state index contributed by atoms with van der Waals surface area (Å²) in [5.41, 5.74) is 2.34. The normalized spacial score (nSPS) is 15.7. The number of nitrogens with zero attached hydrogens (tertiary/aromatic N) is 3. The molecule has 0 aliphatic carbocycles. The maximum absolute atomic E-state index is 13.8. The average molecular weight is 419 g/mol. The number of aliphatic imine (C=N–C) groups is 1. The lowest BCUT2D eigenvalue weighted by atomic mass is 10.1. The van der Waals surface area contributed by atoms with Crippen LogP contribution in [0.2, 0.25) is 5.02 Å². The first-order chi connectivity index (χ1) is 13.6. The zero-order valence-electron chi connectivity index (χ0n) is 15.7. The van der Waals surface area contributed by atoms with Crippen LogP contribution in [0.1, 0.15) is 11.1 Å². The molecule has 0 aromatic heterocycles. The Kier molecular flexibility index (Phi) is 7.50. The number of halogens is 2. The van der Waals surface area contributed by atoms with Gasteiger partial charge >= 0.3 is 0 Å². The van der Waals surface area contributed by atoms with Crippen LogP contribution in [0.3, 0.4) is 0 Å². The van der Waals surface area contributed by atoms with Gasteiger partial charge in [0.15, 0.2) is 5.17 Å². The number of hydrogen-bond acceptors (Lipinski definition) is 4. The Morgan fingerprint density at radius 2 is 1.79 bits per heavy atom. The van der Waals surface area contributed by atoms with E-state index in [1.165, 1.54) is 6.07 Å². The first-order valence-electron chi connectivity index (χ1n) is 9.18. The molecule has 1 aliphatic heterocycles. The highest BCUT2D eigenvalue weighted by Crippen LogP contribution is 2.20. The lowest BCUT2D eigenvalue weighted by Gasteiger charge is -2.35. The van der Waals surface area contributed by atoms with Crippen LogP contribution in [0.15, 0.2) is 60.1 Å². The second kappa shape index (κ2) is 10.1. The van der Waals surface area contributed by atoms with E-state index in [0.29, 0.717) is 17.1 Å². The summed E-state index contributed by atoms with van der Waals surface area (Å²) in [5, 5.41) is 7.31. The molecule has 0 saturated carbocycles. The Morgan fingerprint density at radius 3 is 2.43 bits per heavy atom. The summed E-state index contributed by atoms with van der Waals surface area (Å²) < 4.78 is 13.8. The van der Waals surface area contributed by atoms with Crippen molar-refractivity contribution in [3.8, 4) is 0 Å². The van der Waals surface area contributed by atoms with Crippen molar-refractivity contribution in [1.82, 2.24) is 9.80 Å². The van der Waals surface area contributed by atoms with E-state index < -0.39 is 0 Å². The fraction of sp³-hybridized carbons (Fsp3) is 0.286. The van der Waals surface area contributed by atoms with E-state index in [1.54, 1.807) is 6.07 Å². The molecule has 28 heavy (non-hydrogen) atoms. The Bertz CT molecular complexity index is 833. The molecule has 0 radical (unpaired) electrons. The van der Waals surface area contributed by atoms with Crippen LogP contribution in [-0.2, 0) is 6.42 Å². The molecule has 7 heteroatoms. The molecule has 1 fully saturated rings. The van der Waals surface area contributed by atoms with Crippen molar-refractivity contribution >= 4 is 34.4 Å². The topological polar surface area (TPSA) is 44.9 Å². The van der Waals surface area contributed by atoms with Gasteiger partial charge in [-0.05, 0) is 47.7 Å². The van der Waals surface area contributed by atoms with Crippen molar-refractivity contribution in [2.75, 3.05) is 32.7 Å². The largest absolute Gasteiger partial charge is 0.348 e. The quantitative estimate of drug-likeness (QED) is 0.447. The van der Waals surface area contributed by atoms with Gasteiger partial charge in [-0.1, -0.05) is 48.5 Å². The first kappa shape index (κ1) is 20.9. The molecule has 148 valence electrons. The molecule has 4 nitrogen and oxygen atoms in total. The SMILES string of the molecule is C=C(N=C(SN)N1CCN(CCc2ccccc2F)CC1)c1ccc(Cl)cc1. The van der Waals surface area contributed by atoms with Gasteiger partial charge in [0.2, 0.25) is 0 Å². The van der Waals surface area contributed by atoms with Crippen molar-refractivity contribution < 1.29 is 4.39 Å². The van der Waals surface area contributed by atoms with E-state index >= 15 is 0 Å². The van der Waals surface area contributed by atoms with Crippen LogP contribution in [0.5, 0.6) is 0 Å². The predicted octanol–water partition coefficient (Wildman–Crippen LogP) is 4.27. The van der Waals surface area contributed by atoms with E-state index in [9.17, 15) is 4.39 Å². The lowest BCUT2D eigenvalue weighted by Crippen LogP contribution is -2.48. The monoisotopic (exact) mass is 418 g/mol. The third-order valence-electron chi connectivity index (χ3n) is 4.81. The second-order valence-electron chi connectivity index (χ2n) is 6.64. The van der Waals surface area contributed by atoms with Gasteiger partial charge in [-0.25, -0.2) is 9.38 Å². The van der Waals surface area contributed by atoms with Gasteiger partial charge in [0.1, 0.15) is 5.82 Å². The minimum Gasteiger partial charge on any atom is -0.348 e. The van der Waals surface area contributed by atoms with E-state index in [1.807, 2.05) is 36.4 Å². The number of amidine groups is 1. The summed E-state index contributed by atoms with van der Waals surface area (Å²) in [6, 6.07) is 14.4. The predicted molar refractivity (Wildman–Crippen MR) is 118 cm³/mol. The third-order valence-corrected chi connectivity index (χ3v) is 5.62. The maximum atomic E-state index is 13.8. The highest BCUT2D eigenvalue weighted by molar-refractivity contribution is 8.11. The molecular formula is C21H24ClFN4S. The molecule has 2 aromatic rings. The van der Waals surface area contributed by atoms with Gasteiger partial charge in [0.25, 0.3) is 0 Å². The molecule has 0 unspecified atom stereocenters. The Balaban J connectivity index is 1.54. The number of piperazine rings is 1. The second-order valence-corrected chi connectivity index (χ2v) is 7.67. The Labute approximate surface area is 175 Å². The van der Waals surface area contributed by atoms with Gasteiger partial charge in [0, 0.05) is 37.7 Å². The summed E-state index contributed by atoms with van der Waals surface area (Å²) >= 11 is 7.07. The number of rotatable bonds is 5. The molecule has 0 spiro atoms. The molecular weight excluding hydrogens is 395 g/mol. The summed E-state index contributed by atoms with van der Waals surface area (Å²) in [5.74, 6) is -0.129. The minimum atomic E-state index is -0.129. The minimum absolute atomic E-state index is 0.129. The van der Waals surface area contributed by atoms with Gasteiger partial charge in [0.05, 0.1) is 5.70 Å². The van der Waals surface area contributed by atoms with Crippen LogP contribution in [0.25, 0.3) is 5.70 Å². The summed E-state index contributed by atoms with van der Waals surface area (Å²) in [6.07, 6.45) is 0.715. The van der Waals surface area contributed by atoms with Crippen molar-refractivity contribution in [2.24, 2.45) is 10.1 Å². The van der Waals surface area contributed by atoms with Crippen LogP contribution in [-0.4, -0.2) is 47.7 Å². The van der Waals surface area contributed by atoms with E-state index in [0.717, 1.165) is 61.0 Å². The van der Waals surface area contributed by atoms with Crippen molar-refractivity contribution in [3.05, 3.63) is 77.1 Å². The smallest absolute Gasteiger partial charge is 0.179 e. The van der Waals surface area contributed by atoms with Gasteiger partial charge in [-0.2, -0.15) is 0 Å². The highest BCUT2D eigenvalue weighted by atomic mass is 35.5. The fourth-order valence-corrected chi connectivity index (χ4v) is 3.76. The number of benzene rings is 2. The van der Waals surface area contributed by atoms with E-state index in [2.05, 4.69) is 21.4 Å². The molecule has 0 amide bonds.